The van der Waals surface area contributed by atoms with Gasteiger partial charge in [-0.2, -0.15) is 0 Å². The van der Waals surface area contributed by atoms with Crippen molar-refractivity contribution >= 4 is 5.91 Å². The molecule has 1 amide bonds. The monoisotopic (exact) mass is 447 g/mol. The van der Waals surface area contributed by atoms with Gasteiger partial charge in [-0.3, -0.25) is 4.79 Å². The number of nitrogens with zero attached hydrogens (tertiary/aromatic N) is 1. The van der Waals surface area contributed by atoms with Gasteiger partial charge >= 0.3 is 0 Å². The minimum absolute atomic E-state index is 0.0601. The Balaban J connectivity index is 1.42. The number of allylic oxidation sites excluding steroid dienone is 5. The fourth-order valence-electron chi connectivity index (χ4n) is 3.61. The zero-order valence-corrected chi connectivity index (χ0v) is 20.2. The first-order chi connectivity index (χ1) is 16.5. The number of benzene rings is 3. The van der Waals surface area contributed by atoms with Crippen molar-refractivity contribution < 1.29 is 4.79 Å². The summed E-state index contributed by atoms with van der Waals surface area (Å²) < 4.78 is 0. The SMILES string of the molecule is C=C(/C=C\C(=C)N(C)C(=O)c1ccccc1C)C/C=C\CCc1ccc(-c2ccccc2)cc1. The highest BCUT2D eigenvalue weighted by molar-refractivity contribution is 5.96. The standard InChI is InChI=1S/C32H33NO/c1-25(19-20-27(3)33(4)32(34)31-18-12-11-14-26(31)2)13-7-5-8-15-28-21-23-30(24-22-28)29-16-9-6-10-17-29/h5-7,9-12,14,16-24H,1,3,8,13,15H2,2,4H3/b7-5-,20-19-. The predicted molar refractivity (Wildman–Crippen MR) is 145 cm³/mol. The van der Waals surface area contributed by atoms with E-state index in [0.717, 1.165) is 30.4 Å². The minimum Gasteiger partial charge on any atom is -0.312 e. The van der Waals surface area contributed by atoms with Crippen molar-refractivity contribution in [3.05, 3.63) is 144 Å². The van der Waals surface area contributed by atoms with E-state index in [0.29, 0.717) is 11.3 Å². The first kappa shape index (κ1) is 24.7. The highest BCUT2D eigenvalue weighted by Crippen LogP contribution is 2.20. The summed E-state index contributed by atoms with van der Waals surface area (Å²) in [5.41, 5.74) is 7.08. The summed E-state index contributed by atoms with van der Waals surface area (Å²) in [5, 5.41) is 0. The predicted octanol–water partition coefficient (Wildman–Crippen LogP) is 7.94. The van der Waals surface area contributed by atoms with Crippen molar-refractivity contribution in [3.8, 4) is 11.1 Å². The Morgan fingerprint density at radius 3 is 2.18 bits per heavy atom. The summed E-state index contributed by atoms with van der Waals surface area (Å²) in [7, 11) is 1.75. The third-order valence-electron chi connectivity index (χ3n) is 5.83. The number of carbonyl (C=O) groups is 1. The number of carbonyl (C=O) groups excluding carboxylic acids is 1. The van der Waals surface area contributed by atoms with Crippen LogP contribution in [0.2, 0.25) is 0 Å². The van der Waals surface area contributed by atoms with Crippen LogP contribution in [0.15, 0.2) is 128 Å². The Morgan fingerprint density at radius 1 is 0.824 bits per heavy atom. The van der Waals surface area contributed by atoms with Crippen LogP contribution in [-0.2, 0) is 6.42 Å². The number of aryl methyl sites for hydroxylation is 2. The van der Waals surface area contributed by atoms with Crippen molar-refractivity contribution in [3.63, 3.8) is 0 Å². The van der Waals surface area contributed by atoms with Gasteiger partial charge in [0.25, 0.3) is 5.91 Å². The molecule has 0 aliphatic heterocycles. The van der Waals surface area contributed by atoms with Crippen molar-refractivity contribution in [1.82, 2.24) is 4.90 Å². The molecule has 0 spiro atoms. The van der Waals surface area contributed by atoms with E-state index in [1.54, 1.807) is 11.9 Å². The first-order valence-corrected chi connectivity index (χ1v) is 11.6. The largest absolute Gasteiger partial charge is 0.312 e. The van der Waals surface area contributed by atoms with Gasteiger partial charge < -0.3 is 4.90 Å². The number of rotatable bonds is 10. The number of hydrogen-bond donors (Lipinski definition) is 0. The molecule has 0 N–H and O–H groups in total. The normalized spacial score (nSPS) is 11.1. The molecule has 3 aromatic rings. The highest BCUT2D eigenvalue weighted by Gasteiger charge is 2.14. The zero-order chi connectivity index (χ0) is 24.3. The van der Waals surface area contributed by atoms with Gasteiger partial charge in [-0.05, 0) is 60.6 Å². The van der Waals surface area contributed by atoms with Gasteiger partial charge in [0.05, 0.1) is 0 Å². The lowest BCUT2D eigenvalue weighted by molar-refractivity contribution is 0.0840. The van der Waals surface area contributed by atoms with Crippen molar-refractivity contribution in [1.29, 1.82) is 0 Å². The average Bonchev–Trinajstić information content (AvgIpc) is 2.87. The van der Waals surface area contributed by atoms with E-state index in [1.165, 1.54) is 16.7 Å². The van der Waals surface area contributed by atoms with Crippen molar-refractivity contribution in [2.75, 3.05) is 7.05 Å². The summed E-state index contributed by atoms with van der Waals surface area (Å²) in [5.74, 6) is -0.0601. The fourth-order valence-corrected chi connectivity index (χ4v) is 3.61. The second-order valence-electron chi connectivity index (χ2n) is 8.44. The van der Waals surface area contributed by atoms with Crippen LogP contribution in [-0.4, -0.2) is 17.9 Å². The van der Waals surface area contributed by atoms with Crippen molar-refractivity contribution in [2.45, 2.75) is 26.2 Å². The molecule has 0 aromatic heterocycles. The molecular weight excluding hydrogens is 414 g/mol. The van der Waals surface area contributed by atoms with Crippen LogP contribution in [0.25, 0.3) is 11.1 Å². The molecule has 2 heteroatoms. The molecule has 3 rings (SSSR count). The molecule has 2 nitrogen and oxygen atoms in total. The van der Waals surface area contributed by atoms with Crippen LogP contribution in [0.1, 0.15) is 34.3 Å². The van der Waals surface area contributed by atoms with Crippen LogP contribution in [0.3, 0.4) is 0 Å². The van der Waals surface area contributed by atoms with E-state index < -0.39 is 0 Å². The van der Waals surface area contributed by atoms with Gasteiger partial charge in [0.1, 0.15) is 0 Å². The molecule has 0 fully saturated rings. The van der Waals surface area contributed by atoms with Gasteiger partial charge in [0.2, 0.25) is 0 Å². The summed E-state index contributed by atoms with van der Waals surface area (Å²) in [4.78, 5) is 14.3. The molecule has 0 unspecified atom stereocenters. The minimum atomic E-state index is -0.0601. The van der Waals surface area contributed by atoms with Gasteiger partial charge in [-0.15, -0.1) is 0 Å². The Morgan fingerprint density at radius 2 is 1.47 bits per heavy atom. The van der Waals surface area contributed by atoms with Crippen LogP contribution in [0.4, 0.5) is 0 Å². The van der Waals surface area contributed by atoms with E-state index in [1.807, 2.05) is 49.4 Å². The second kappa shape index (κ2) is 12.4. The van der Waals surface area contributed by atoms with Crippen LogP contribution < -0.4 is 0 Å². The number of amides is 1. The van der Waals surface area contributed by atoms with E-state index in [2.05, 4.69) is 73.8 Å². The number of hydrogen-bond acceptors (Lipinski definition) is 1. The molecule has 0 saturated carbocycles. The lowest BCUT2D eigenvalue weighted by Gasteiger charge is -2.18. The Bertz CT molecular complexity index is 1180. The zero-order valence-electron chi connectivity index (χ0n) is 20.2. The van der Waals surface area contributed by atoms with Crippen LogP contribution in [0.5, 0.6) is 0 Å². The van der Waals surface area contributed by atoms with Crippen LogP contribution >= 0.6 is 0 Å². The van der Waals surface area contributed by atoms with Gasteiger partial charge in [-0.1, -0.05) is 110 Å². The average molecular weight is 448 g/mol. The van der Waals surface area contributed by atoms with Gasteiger partial charge in [0, 0.05) is 18.3 Å². The molecular formula is C32H33NO. The quantitative estimate of drug-likeness (QED) is 0.228. The molecule has 0 heterocycles. The topological polar surface area (TPSA) is 20.3 Å². The van der Waals surface area contributed by atoms with Gasteiger partial charge in [-0.25, -0.2) is 0 Å². The smallest absolute Gasteiger partial charge is 0.258 e. The molecule has 172 valence electrons. The van der Waals surface area contributed by atoms with Crippen molar-refractivity contribution in [2.24, 2.45) is 0 Å². The van der Waals surface area contributed by atoms with E-state index >= 15 is 0 Å². The Hall–Kier alpha value is -3.91. The second-order valence-corrected chi connectivity index (χ2v) is 8.44. The summed E-state index contributed by atoms with van der Waals surface area (Å²) >= 11 is 0. The molecule has 0 aliphatic carbocycles. The molecule has 34 heavy (non-hydrogen) atoms. The summed E-state index contributed by atoms with van der Waals surface area (Å²) in [6.45, 7) is 10.1. The van der Waals surface area contributed by atoms with Gasteiger partial charge in [0.15, 0.2) is 0 Å². The molecule has 0 bridgehead atoms. The molecule has 0 aliphatic rings. The number of likely N-dealkylation sites (N-methyl/N-ethyl adjacent to an activating group) is 1. The third kappa shape index (κ3) is 7.05. The maximum Gasteiger partial charge on any atom is 0.258 e. The summed E-state index contributed by atoms with van der Waals surface area (Å²) in [6, 6.07) is 26.8. The molecule has 0 saturated heterocycles. The Kier molecular flexibility index (Phi) is 8.99. The lowest BCUT2D eigenvalue weighted by Crippen LogP contribution is -2.25. The van der Waals surface area contributed by atoms with Crippen LogP contribution in [0, 0.1) is 6.92 Å². The maximum absolute atomic E-state index is 12.7. The molecule has 0 atom stereocenters. The highest BCUT2D eigenvalue weighted by atomic mass is 16.2. The third-order valence-corrected chi connectivity index (χ3v) is 5.83. The molecule has 0 radical (unpaired) electrons. The first-order valence-electron chi connectivity index (χ1n) is 11.6. The Labute approximate surface area is 204 Å². The molecule has 3 aromatic carbocycles. The van der Waals surface area contributed by atoms with E-state index in [9.17, 15) is 4.79 Å². The van der Waals surface area contributed by atoms with E-state index in [-0.39, 0.29) is 5.91 Å². The summed E-state index contributed by atoms with van der Waals surface area (Å²) in [6.07, 6.45) is 10.9. The maximum atomic E-state index is 12.7. The fraction of sp³-hybridized carbons (Fsp3) is 0.156. The lowest BCUT2D eigenvalue weighted by atomic mass is 10.0. The van der Waals surface area contributed by atoms with E-state index in [4.69, 9.17) is 0 Å².